The quantitative estimate of drug-likeness (QED) is 0.876. The van der Waals surface area contributed by atoms with Gasteiger partial charge in [0.1, 0.15) is 0 Å². The van der Waals surface area contributed by atoms with Crippen LogP contribution in [0.2, 0.25) is 0 Å². The predicted molar refractivity (Wildman–Crippen MR) is 77.0 cm³/mol. The van der Waals surface area contributed by atoms with Gasteiger partial charge in [0.05, 0.1) is 0 Å². The summed E-state index contributed by atoms with van der Waals surface area (Å²) < 4.78 is 31.0. The van der Waals surface area contributed by atoms with Crippen molar-refractivity contribution in [1.29, 1.82) is 0 Å². The van der Waals surface area contributed by atoms with Crippen LogP contribution in [0.4, 0.5) is 5.69 Å². The van der Waals surface area contributed by atoms with E-state index in [9.17, 15) is 13.2 Å². The summed E-state index contributed by atoms with van der Waals surface area (Å²) >= 11 is 3.28. The van der Waals surface area contributed by atoms with Crippen molar-refractivity contribution in [3.05, 3.63) is 46.6 Å². The highest BCUT2D eigenvalue weighted by Crippen LogP contribution is 2.17. The van der Waals surface area contributed by atoms with Crippen molar-refractivity contribution in [2.75, 3.05) is 12.4 Å². The lowest BCUT2D eigenvalue weighted by Crippen LogP contribution is -2.18. The van der Waals surface area contributed by atoms with E-state index in [2.05, 4.69) is 26.0 Å². The Labute approximate surface area is 124 Å². The molecule has 0 fully saturated rings. The summed E-state index contributed by atoms with van der Waals surface area (Å²) in [4.78, 5) is 11.9. The van der Waals surface area contributed by atoms with Crippen LogP contribution in [0.3, 0.4) is 0 Å². The van der Waals surface area contributed by atoms with E-state index in [1.807, 2.05) is 0 Å². The number of halogens is 1. The van der Waals surface area contributed by atoms with Crippen molar-refractivity contribution < 1.29 is 17.6 Å². The molecule has 0 spiro atoms. The van der Waals surface area contributed by atoms with Crippen LogP contribution in [-0.4, -0.2) is 21.4 Å². The van der Waals surface area contributed by atoms with Crippen molar-refractivity contribution >= 4 is 37.5 Å². The van der Waals surface area contributed by atoms with Crippen molar-refractivity contribution in [3.63, 3.8) is 0 Å². The summed E-state index contributed by atoms with van der Waals surface area (Å²) in [6, 6.07) is 9.48. The van der Waals surface area contributed by atoms with E-state index in [0.29, 0.717) is 5.69 Å². The van der Waals surface area contributed by atoms with Gasteiger partial charge in [-0.25, -0.2) is 13.1 Å². The van der Waals surface area contributed by atoms with Crippen molar-refractivity contribution in [3.8, 4) is 0 Å². The standard InChI is InChI=1S/C12H11BrN2O4S/c1-14-20(17,18)11-7-6-10(19-11)12(16)15-9-4-2-8(13)3-5-9/h2-7,14H,1H3,(H,15,16). The Morgan fingerprint density at radius 2 is 1.80 bits per heavy atom. The number of anilines is 1. The zero-order chi connectivity index (χ0) is 14.8. The zero-order valence-corrected chi connectivity index (χ0v) is 12.8. The molecule has 0 unspecified atom stereocenters. The highest BCUT2D eigenvalue weighted by molar-refractivity contribution is 9.10. The number of rotatable bonds is 4. The maximum Gasteiger partial charge on any atom is 0.291 e. The Bertz CT molecular complexity index is 722. The number of amides is 1. The molecule has 8 heteroatoms. The third kappa shape index (κ3) is 3.27. The van der Waals surface area contributed by atoms with Crippen molar-refractivity contribution in [2.45, 2.75) is 5.09 Å². The SMILES string of the molecule is CNS(=O)(=O)c1ccc(C(=O)Nc2ccc(Br)cc2)o1. The molecule has 20 heavy (non-hydrogen) atoms. The van der Waals surface area contributed by atoms with Gasteiger partial charge in [-0.1, -0.05) is 15.9 Å². The summed E-state index contributed by atoms with van der Waals surface area (Å²) in [6.07, 6.45) is 0. The zero-order valence-electron chi connectivity index (χ0n) is 10.4. The van der Waals surface area contributed by atoms with Gasteiger partial charge in [-0.2, -0.15) is 0 Å². The first-order chi connectivity index (χ1) is 9.42. The van der Waals surface area contributed by atoms with Crippen molar-refractivity contribution in [2.24, 2.45) is 0 Å². The topological polar surface area (TPSA) is 88.4 Å². The minimum absolute atomic E-state index is 0.0817. The average Bonchev–Trinajstić information content (AvgIpc) is 2.92. The summed E-state index contributed by atoms with van der Waals surface area (Å²) in [5.41, 5.74) is 0.577. The summed E-state index contributed by atoms with van der Waals surface area (Å²) in [5.74, 6) is -0.605. The fourth-order valence-corrected chi connectivity index (χ4v) is 2.33. The molecule has 0 bridgehead atoms. The van der Waals surface area contributed by atoms with E-state index in [0.717, 1.165) is 4.47 Å². The predicted octanol–water partition coefficient (Wildman–Crippen LogP) is 2.20. The van der Waals surface area contributed by atoms with Crippen LogP contribution in [0.25, 0.3) is 0 Å². The molecular formula is C12H11BrN2O4S. The molecule has 2 rings (SSSR count). The van der Waals surface area contributed by atoms with Crippen LogP contribution in [-0.2, 0) is 10.0 Å². The molecule has 0 aliphatic rings. The van der Waals surface area contributed by atoms with Gasteiger partial charge in [-0.3, -0.25) is 4.79 Å². The van der Waals surface area contributed by atoms with Gasteiger partial charge in [0.25, 0.3) is 15.9 Å². The summed E-state index contributed by atoms with van der Waals surface area (Å²) in [5, 5.41) is 2.29. The first kappa shape index (κ1) is 14.8. The lowest BCUT2D eigenvalue weighted by atomic mass is 10.3. The fraction of sp³-hybridized carbons (Fsp3) is 0.0833. The maximum absolute atomic E-state index is 11.9. The molecule has 2 N–H and O–H groups in total. The Morgan fingerprint density at radius 1 is 1.15 bits per heavy atom. The van der Waals surface area contributed by atoms with E-state index in [4.69, 9.17) is 4.42 Å². The van der Waals surface area contributed by atoms with Crippen LogP contribution in [0.15, 0.2) is 50.4 Å². The summed E-state index contributed by atoms with van der Waals surface area (Å²) in [7, 11) is -2.43. The monoisotopic (exact) mass is 358 g/mol. The van der Waals surface area contributed by atoms with E-state index >= 15 is 0 Å². The Kier molecular flexibility index (Phi) is 4.26. The largest absolute Gasteiger partial charge is 0.438 e. The Hall–Kier alpha value is -1.64. The van der Waals surface area contributed by atoms with Crippen LogP contribution in [0.5, 0.6) is 0 Å². The number of carbonyl (C=O) groups excluding carboxylic acids is 1. The first-order valence-electron chi connectivity index (χ1n) is 5.52. The second-order valence-electron chi connectivity index (χ2n) is 3.79. The van der Waals surface area contributed by atoms with E-state index in [1.54, 1.807) is 24.3 Å². The second kappa shape index (κ2) is 5.78. The highest BCUT2D eigenvalue weighted by Gasteiger charge is 2.19. The Balaban J connectivity index is 2.16. The molecule has 1 heterocycles. The number of hydrogen-bond acceptors (Lipinski definition) is 4. The lowest BCUT2D eigenvalue weighted by Gasteiger charge is -2.03. The van der Waals surface area contributed by atoms with Crippen LogP contribution in [0.1, 0.15) is 10.6 Å². The number of carbonyl (C=O) groups is 1. The van der Waals surface area contributed by atoms with Gasteiger partial charge in [0.15, 0.2) is 5.76 Å². The lowest BCUT2D eigenvalue weighted by molar-refractivity contribution is 0.0991. The molecule has 2 aromatic rings. The minimum Gasteiger partial charge on any atom is -0.438 e. The highest BCUT2D eigenvalue weighted by atomic mass is 79.9. The maximum atomic E-state index is 11.9. The molecule has 0 saturated heterocycles. The molecule has 0 aliphatic carbocycles. The molecule has 0 atom stereocenters. The third-order valence-corrected chi connectivity index (χ3v) is 4.26. The van der Waals surface area contributed by atoms with Crippen molar-refractivity contribution in [1.82, 2.24) is 4.72 Å². The molecule has 1 aromatic carbocycles. The smallest absolute Gasteiger partial charge is 0.291 e. The average molecular weight is 359 g/mol. The molecule has 0 radical (unpaired) electrons. The molecule has 0 aliphatic heterocycles. The number of benzene rings is 1. The van der Waals surface area contributed by atoms with Gasteiger partial charge in [-0.05, 0) is 43.4 Å². The van der Waals surface area contributed by atoms with E-state index < -0.39 is 15.9 Å². The van der Waals surface area contributed by atoms with E-state index in [1.165, 1.54) is 19.2 Å². The number of furan rings is 1. The van der Waals surface area contributed by atoms with Crippen LogP contribution in [0, 0.1) is 0 Å². The molecule has 106 valence electrons. The van der Waals surface area contributed by atoms with Crippen LogP contribution < -0.4 is 10.0 Å². The normalized spacial score (nSPS) is 11.3. The molecule has 0 saturated carbocycles. The first-order valence-corrected chi connectivity index (χ1v) is 7.80. The number of sulfonamides is 1. The summed E-state index contributed by atoms with van der Waals surface area (Å²) in [6.45, 7) is 0. The van der Waals surface area contributed by atoms with Gasteiger partial charge in [0.2, 0.25) is 5.09 Å². The minimum atomic E-state index is -3.69. The van der Waals surface area contributed by atoms with Gasteiger partial charge in [-0.15, -0.1) is 0 Å². The van der Waals surface area contributed by atoms with E-state index in [-0.39, 0.29) is 10.9 Å². The van der Waals surface area contributed by atoms with Gasteiger partial charge >= 0.3 is 0 Å². The molecule has 6 nitrogen and oxygen atoms in total. The van der Waals surface area contributed by atoms with Gasteiger partial charge < -0.3 is 9.73 Å². The second-order valence-corrected chi connectivity index (χ2v) is 6.52. The number of hydrogen-bond donors (Lipinski definition) is 2. The molecule has 1 amide bonds. The fourth-order valence-electron chi connectivity index (χ4n) is 1.41. The number of nitrogens with one attached hydrogen (secondary N) is 2. The molecule has 1 aromatic heterocycles. The molecular weight excluding hydrogens is 348 g/mol. The third-order valence-electron chi connectivity index (χ3n) is 2.44. The van der Waals surface area contributed by atoms with Gasteiger partial charge in [0, 0.05) is 10.2 Å². The van der Waals surface area contributed by atoms with Crippen LogP contribution >= 0.6 is 15.9 Å². The Morgan fingerprint density at radius 3 is 2.40 bits per heavy atom.